The minimum Gasteiger partial charge on any atom is -0.277 e. The lowest BCUT2D eigenvalue weighted by Gasteiger charge is -2.34. The van der Waals surface area contributed by atoms with Crippen molar-refractivity contribution in [2.45, 2.75) is 46.0 Å². The Bertz CT molecular complexity index is 368. The van der Waals surface area contributed by atoms with Gasteiger partial charge in [0.05, 0.1) is 0 Å². The number of carbonyl (C=O) groups excluding carboxylic acids is 3. The Labute approximate surface area is 107 Å². The molecule has 1 saturated heterocycles. The van der Waals surface area contributed by atoms with E-state index in [4.69, 9.17) is 0 Å². The van der Waals surface area contributed by atoms with Crippen LogP contribution in [0.25, 0.3) is 0 Å². The van der Waals surface area contributed by atoms with Gasteiger partial charge in [0.1, 0.15) is 5.41 Å². The molecule has 4 amide bonds. The number of barbiturate groups is 1. The highest BCUT2D eigenvalue weighted by molar-refractivity contribution is 6.19. The summed E-state index contributed by atoms with van der Waals surface area (Å²) < 4.78 is 0. The summed E-state index contributed by atoms with van der Waals surface area (Å²) in [5.41, 5.74) is -0.416. The van der Waals surface area contributed by atoms with Crippen molar-refractivity contribution in [3.63, 3.8) is 0 Å². The third-order valence-electron chi connectivity index (χ3n) is 3.13. The predicted molar refractivity (Wildman–Crippen MR) is 67.7 cm³/mol. The number of carbonyl (C=O) groups is 3. The zero-order valence-electron chi connectivity index (χ0n) is 11.0. The molecule has 0 spiro atoms. The van der Waals surface area contributed by atoms with Gasteiger partial charge in [-0.1, -0.05) is 31.8 Å². The predicted octanol–water partition coefficient (Wildman–Crippen LogP) is 1.89. The second-order valence-electron chi connectivity index (χ2n) is 4.91. The number of amides is 4. The molecule has 0 aromatic rings. The van der Waals surface area contributed by atoms with Crippen molar-refractivity contribution in [3.05, 3.63) is 12.2 Å². The highest BCUT2D eigenvalue weighted by Gasteiger charge is 2.49. The summed E-state index contributed by atoms with van der Waals surface area (Å²) in [6, 6.07) is -0.738. The number of unbranched alkanes of at least 4 members (excludes halogenated alkanes) is 2. The lowest BCUT2D eigenvalue weighted by Crippen LogP contribution is -2.62. The molecule has 18 heavy (non-hydrogen) atoms. The van der Waals surface area contributed by atoms with E-state index in [2.05, 4.69) is 24.1 Å². The van der Waals surface area contributed by atoms with Gasteiger partial charge in [-0.25, -0.2) is 4.79 Å². The van der Waals surface area contributed by atoms with E-state index in [1.807, 2.05) is 0 Å². The smallest absolute Gasteiger partial charge is 0.277 e. The van der Waals surface area contributed by atoms with Crippen LogP contribution in [0.3, 0.4) is 0 Å². The largest absolute Gasteiger partial charge is 0.328 e. The Kier molecular flexibility index (Phi) is 4.64. The summed E-state index contributed by atoms with van der Waals surface area (Å²) in [6.07, 6.45) is 3.46. The first-order valence-corrected chi connectivity index (χ1v) is 6.23. The Hall–Kier alpha value is -1.65. The first-order valence-electron chi connectivity index (χ1n) is 6.23. The fraction of sp³-hybridized carbons (Fsp3) is 0.615. The van der Waals surface area contributed by atoms with Gasteiger partial charge in [0.2, 0.25) is 11.8 Å². The van der Waals surface area contributed by atoms with Crippen LogP contribution in [0.2, 0.25) is 0 Å². The maximum absolute atomic E-state index is 12.0. The number of allylic oxidation sites excluding steroid dienone is 1. The van der Waals surface area contributed by atoms with E-state index in [0.29, 0.717) is 6.42 Å². The summed E-state index contributed by atoms with van der Waals surface area (Å²) in [5.74, 6) is -1.01. The van der Waals surface area contributed by atoms with Crippen molar-refractivity contribution in [2.24, 2.45) is 5.41 Å². The zero-order valence-corrected chi connectivity index (χ0v) is 11.0. The number of hydrogen-bond acceptors (Lipinski definition) is 3. The maximum atomic E-state index is 12.0. The Morgan fingerprint density at radius 1 is 1.17 bits per heavy atom. The maximum Gasteiger partial charge on any atom is 0.328 e. The summed E-state index contributed by atoms with van der Waals surface area (Å²) in [7, 11) is 0. The molecule has 5 nitrogen and oxygen atoms in total. The molecule has 1 rings (SSSR count). The number of imide groups is 2. The SMILES string of the molecule is C=C(C)CC1(CCCCC)C(=O)NC(=O)NC1=O. The first kappa shape index (κ1) is 14.4. The number of rotatable bonds is 6. The van der Waals surface area contributed by atoms with Crippen LogP contribution in [0.4, 0.5) is 4.79 Å². The molecule has 2 N–H and O–H groups in total. The molecule has 1 aliphatic rings. The molecule has 0 unspecified atom stereocenters. The van der Waals surface area contributed by atoms with Crippen LogP contribution in [0.1, 0.15) is 46.0 Å². The van der Waals surface area contributed by atoms with Crippen molar-refractivity contribution in [3.8, 4) is 0 Å². The van der Waals surface area contributed by atoms with Crippen LogP contribution in [0.15, 0.2) is 12.2 Å². The van der Waals surface area contributed by atoms with Crippen LogP contribution in [-0.4, -0.2) is 17.8 Å². The molecule has 1 heterocycles. The Morgan fingerprint density at radius 3 is 2.17 bits per heavy atom. The lowest BCUT2D eigenvalue weighted by atomic mass is 9.75. The second kappa shape index (κ2) is 5.80. The van der Waals surface area contributed by atoms with Crippen LogP contribution in [0.5, 0.6) is 0 Å². The highest BCUT2D eigenvalue weighted by Crippen LogP contribution is 2.34. The molecular weight excluding hydrogens is 232 g/mol. The molecule has 1 fully saturated rings. The number of hydrogen-bond donors (Lipinski definition) is 2. The van der Waals surface area contributed by atoms with Gasteiger partial charge >= 0.3 is 6.03 Å². The van der Waals surface area contributed by atoms with E-state index in [9.17, 15) is 14.4 Å². The summed E-state index contributed by atoms with van der Waals surface area (Å²) >= 11 is 0. The molecule has 0 radical (unpaired) electrons. The van der Waals surface area contributed by atoms with Gasteiger partial charge in [-0.3, -0.25) is 20.2 Å². The summed E-state index contributed by atoms with van der Waals surface area (Å²) in [5, 5.41) is 4.36. The first-order chi connectivity index (χ1) is 8.42. The summed E-state index contributed by atoms with van der Waals surface area (Å²) in [6.45, 7) is 7.59. The van der Waals surface area contributed by atoms with E-state index in [-0.39, 0.29) is 6.42 Å². The Balaban J connectivity index is 2.93. The van der Waals surface area contributed by atoms with Crippen LogP contribution in [0, 0.1) is 5.41 Å². The van der Waals surface area contributed by atoms with E-state index < -0.39 is 23.3 Å². The molecular formula is C13H20N2O3. The van der Waals surface area contributed by atoms with E-state index in [1.54, 1.807) is 6.92 Å². The molecule has 0 saturated carbocycles. The van der Waals surface area contributed by atoms with E-state index >= 15 is 0 Å². The third-order valence-corrected chi connectivity index (χ3v) is 3.13. The van der Waals surface area contributed by atoms with Gasteiger partial charge < -0.3 is 0 Å². The molecule has 0 atom stereocenters. The van der Waals surface area contributed by atoms with Crippen molar-refractivity contribution in [1.29, 1.82) is 0 Å². The van der Waals surface area contributed by atoms with Gasteiger partial charge in [-0.2, -0.15) is 0 Å². The minimum absolute atomic E-state index is 0.279. The van der Waals surface area contributed by atoms with Crippen molar-refractivity contribution >= 4 is 17.8 Å². The molecule has 1 aliphatic heterocycles. The van der Waals surface area contributed by atoms with Crippen LogP contribution in [-0.2, 0) is 9.59 Å². The van der Waals surface area contributed by atoms with Crippen LogP contribution >= 0.6 is 0 Å². The lowest BCUT2D eigenvalue weighted by molar-refractivity contribution is -0.145. The molecule has 0 aliphatic carbocycles. The topological polar surface area (TPSA) is 75.3 Å². The monoisotopic (exact) mass is 252 g/mol. The fourth-order valence-electron chi connectivity index (χ4n) is 2.25. The Morgan fingerprint density at radius 2 is 1.72 bits per heavy atom. The molecule has 5 heteroatoms. The van der Waals surface area contributed by atoms with Crippen molar-refractivity contribution in [1.82, 2.24) is 10.6 Å². The van der Waals surface area contributed by atoms with E-state index in [1.165, 1.54) is 0 Å². The second-order valence-corrected chi connectivity index (χ2v) is 4.91. The van der Waals surface area contributed by atoms with Gasteiger partial charge in [0.15, 0.2) is 0 Å². The molecule has 0 aromatic heterocycles. The molecule has 0 bridgehead atoms. The van der Waals surface area contributed by atoms with Crippen molar-refractivity contribution in [2.75, 3.05) is 0 Å². The minimum atomic E-state index is -1.17. The average molecular weight is 252 g/mol. The fourth-order valence-corrected chi connectivity index (χ4v) is 2.25. The average Bonchev–Trinajstić information content (AvgIpc) is 2.25. The number of nitrogens with one attached hydrogen (secondary N) is 2. The van der Waals surface area contributed by atoms with Gasteiger partial charge in [0, 0.05) is 0 Å². The number of urea groups is 1. The summed E-state index contributed by atoms with van der Waals surface area (Å²) in [4.78, 5) is 35.2. The highest BCUT2D eigenvalue weighted by atomic mass is 16.2. The molecule has 0 aromatic carbocycles. The third kappa shape index (κ3) is 2.97. The van der Waals surface area contributed by atoms with Crippen LogP contribution < -0.4 is 10.6 Å². The molecule has 100 valence electrons. The normalized spacial score (nSPS) is 18.2. The van der Waals surface area contributed by atoms with Gasteiger partial charge in [0.25, 0.3) is 0 Å². The van der Waals surface area contributed by atoms with E-state index in [0.717, 1.165) is 24.8 Å². The quantitative estimate of drug-likeness (QED) is 0.430. The van der Waals surface area contributed by atoms with Gasteiger partial charge in [-0.05, 0) is 19.8 Å². The van der Waals surface area contributed by atoms with Gasteiger partial charge in [-0.15, -0.1) is 6.58 Å². The zero-order chi connectivity index (χ0) is 13.8. The standard InChI is InChI=1S/C13H20N2O3/c1-4-5-6-7-13(8-9(2)3)10(16)14-12(18)15-11(13)17/h2,4-8H2,1,3H3,(H2,14,15,16,17,18). The van der Waals surface area contributed by atoms with Crippen molar-refractivity contribution < 1.29 is 14.4 Å².